The van der Waals surface area contributed by atoms with Gasteiger partial charge in [0.25, 0.3) is 0 Å². The summed E-state index contributed by atoms with van der Waals surface area (Å²) in [6, 6.07) is 13.9. The van der Waals surface area contributed by atoms with E-state index >= 15 is 0 Å². The quantitative estimate of drug-likeness (QED) is 0.831. The lowest BCUT2D eigenvalue weighted by atomic mass is 9.96. The maximum absolute atomic E-state index is 12.1. The molecule has 0 bridgehead atoms. The average Bonchev–Trinajstić information content (AvgIpc) is 2.72. The Balaban J connectivity index is 1.34. The number of ether oxygens (including phenoxy) is 1. The van der Waals surface area contributed by atoms with Gasteiger partial charge in [0, 0.05) is 32.3 Å². The van der Waals surface area contributed by atoms with Crippen molar-refractivity contribution in [1.82, 2.24) is 10.3 Å². The zero-order chi connectivity index (χ0) is 18.2. The van der Waals surface area contributed by atoms with E-state index in [-0.39, 0.29) is 5.91 Å². The number of carbonyl (C=O) groups excluding carboxylic acids is 1. The van der Waals surface area contributed by atoms with Gasteiger partial charge in [-0.2, -0.15) is 0 Å². The van der Waals surface area contributed by atoms with Gasteiger partial charge in [-0.25, -0.2) is 4.98 Å². The second-order valence-corrected chi connectivity index (χ2v) is 6.77. The van der Waals surface area contributed by atoms with Crippen LogP contribution in [-0.4, -0.2) is 37.6 Å². The SMILES string of the molecule is COc1ccc(CCC(=O)NCC2CCN(c3ccccn3)CC2)cc1. The molecule has 1 aromatic carbocycles. The number of hydrogen-bond donors (Lipinski definition) is 1. The van der Waals surface area contributed by atoms with E-state index in [0.717, 1.165) is 56.0 Å². The highest BCUT2D eigenvalue weighted by molar-refractivity contribution is 5.76. The summed E-state index contributed by atoms with van der Waals surface area (Å²) < 4.78 is 5.15. The molecule has 1 fully saturated rings. The van der Waals surface area contributed by atoms with Crippen LogP contribution in [0.4, 0.5) is 5.82 Å². The molecule has 0 spiro atoms. The molecule has 1 N–H and O–H groups in total. The number of aryl methyl sites for hydroxylation is 1. The van der Waals surface area contributed by atoms with Crippen LogP contribution in [0.25, 0.3) is 0 Å². The summed E-state index contributed by atoms with van der Waals surface area (Å²) in [5.74, 6) is 2.58. The van der Waals surface area contributed by atoms with Crippen molar-refractivity contribution in [3.8, 4) is 5.75 Å². The van der Waals surface area contributed by atoms with Crippen molar-refractivity contribution in [3.05, 3.63) is 54.2 Å². The highest BCUT2D eigenvalue weighted by Gasteiger charge is 2.20. The fourth-order valence-electron chi connectivity index (χ4n) is 3.30. The number of carbonyl (C=O) groups is 1. The van der Waals surface area contributed by atoms with Crippen LogP contribution < -0.4 is 15.0 Å². The number of rotatable bonds is 7. The standard InChI is InChI=1S/C21H27N3O2/c1-26-19-8-5-17(6-9-19)7-10-21(25)23-16-18-11-14-24(15-12-18)20-4-2-3-13-22-20/h2-6,8-9,13,18H,7,10-12,14-16H2,1H3,(H,23,25). The van der Waals surface area contributed by atoms with E-state index < -0.39 is 0 Å². The van der Waals surface area contributed by atoms with Crippen LogP contribution >= 0.6 is 0 Å². The number of nitrogens with one attached hydrogen (secondary N) is 1. The topological polar surface area (TPSA) is 54.5 Å². The van der Waals surface area contributed by atoms with Gasteiger partial charge in [0.15, 0.2) is 0 Å². The molecule has 1 aromatic heterocycles. The molecule has 5 heteroatoms. The molecule has 1 amide bonds. The molecule has 2 heterocycles. The first kappa shape index (κ1) is 18.2. The van der Waals surface area contributed by atoms with Gasteiger partial charge in [0.05, 0.1) is 7.11 Å². The van der Waals surface area contributed by atoms with E-state index in [1.54, 1.807) is 7.11 Å². The van der Waals surface area contributed by atoms with E-state index in [2.05, 4.69) is 21.3 Å². The first-order chi connectivity index (χ1) is 12.7. The lowest BCUT2D eigenvalue weighted by molar-refractivity contribution is -0.121. The number of piperidine rings is 1. The molecule has 0 radical (unpaired) electrons. The molecule has 1 aliphatic rings. The van der Waals surface area contributed by atoms with Gasteiger partial charge in [0.1, 0.15) is 11.6 Å². The lowest BCUT2D eigenvalue weighted by Gasteiger charge is -2.32. The number of methoxy groups -OCH3 is 1. The predicted molar refractivity (Wildman–Crippen MR) is 103 cm³/mol. The molecule has 0 saturated carbocycles. The van der Waals surface area contributed by atoms with Gasteiger partial charge in [-0.1, -0.05) is 18.2 Å². The third-order valence-electron chi connectivity index (χ3n) is 4.98. The molecular formula is C21H27N3O2. The van der Waals surface area contributed by atoms with Gasteiger partial charge < -0.3 is 15.0 Å². The molecule has 5 nitrogen and oxygen atoms in total. The van der Waals surface area contributed by atoms with E-state index in [1.807, 2.05) is 42.6 Å². The maximum Gasteiger partial charge on any atom is 0.220 e. The summed E-state index contributed by atoms with van der Waals surface area (Å²) in [5, 5.41) is 3.10. The Morgan fingerprint density at radius 3 is 2.62 bits per heavy atom. The van der Waals surface area contributed by atoms with Crippen molar-refractivity contribution < 1.29 is 9.53 Å². The van der Waals surface area contributed by atoms with Crippen LogP contribution in [-0.2, 0) is 11.2 Å². The highest BCUT2D eigenvalue weighted by atomic mass is 16.5. The smallest absolute Gasteiger partial charge is 0.220 e. The molecular weight excluding hydrogens is 326 g/mol. The Hall–Kier alpha value is -2.56. The molecule has 26 heavy (non-hydrogen) atoms. The van der Waals surface area contributed by atoms with Crippen LogP contribution in [0.5, 0.6) is 5.75 Å². The van der Waals surface area contributed by atoms with Gasteiger partial charge in [-0.15, -0.1) is 0 Å². The highest BCUT2D eigenvalue weighted by Crippen LogP contribution is 2.21. The molecule has 0 unspecified atom stereocenters. The first-order valence-corrected chi connectivity index (χ1v) is 9.30. The zero-order valence-electron chi connectivity index (χ0n) is 15.4. The van der Waals surface area contributed by atoms with Gasteiger partial charge in [-0.05, 0) is 55.0 Å². The molecule has 1 aliphatic heterocycles. The van der Waals surface area contributed by atoms with Crippen molar-refractivity contribution in [1.29, 1.82) is 0 Å². The number of hydrogen-bond acceptors (Lipinski definition) is 4. The fraction of sp³-hybridized carbons (Fsp3) is 0.429. The molecule has 138 valence electrons. The molecule has 2 aromatic rings. The van der Waals surface area contributed by atoms with Crippen LogP contribution in [0, 0.1) is 5.92 Å². The summed E-state index contributed by atoms with van der Waals surface area (Å²) in [7, 11) is 1.66. The predicted octanol–water partition coefficient (Wildman–Crippen LogP) is 3.06. The first-order valence-electron chi connectivity index (χ1n) is 9.30. The maximum atomic E-state index is 12.1. The van der Waals surface area contributed by atoms with Crippen LogP contribution in [0.15, 0.2) is 48.7 Å². The average molecular weight is 353 g/mol. The minimum atomic E-state index is 0.132. The Kier molecular flexibility index (Phi) is 6.47. The summed E-state index contributed by atoms with van der Waals surface area (Å²) >= 11 is 0. The minimum Gasteiger partial charge on any atom is -0.497 e. The van der Waals surface area contributed by atoms with Crippen molar-refractivity contribution in [2.24, 2.45) is 5.92 Å². The monoisotopic (exact) mass is 353 g/mol. The van der Waals surface area contributed by atoms with Crippen molar-refractivity contribution in [3.63, 3.8) is 0 Å². The summed E-state index contributed by atoms with van der Waals surface area (Å²) in [6.45, 7) is 2.78. The van der Waals surface area contributed by atoms with Gasteiger partial charge in [0.2, 0.25) is 5.91 Å². The second-order valence-electron chi connectivity index (χ2n) is 6.77. The van der Waals surface area contributed by atoms with E-state index in [4.69, 9.17) is 4.74 Å². The van der Waals surface area contributed by atoms with Crippen molar-refractivity contribution in [2.75, 3.05) is 31.6 Å². The minimum absolute atomic E-state index is 0.132. The third kappa shape index (κ3) is 5.22. The molecule has 1 saturated heterocycles. The Morgan fingerprint density at radius 2 is 1.96 bits per heavy atom. The zero-order valence-corrected chi connectivity index (χ0v) is 15.4. The number of nitrogens with zero attached hydrogens (tertiary/aromatic N) is 2. The Bertz CT molecular complexity index is 680. The van der Waals surface area contributed by atoms with Crippen LogP contribution in [0.3, 0.4) is 0 Å². The van der Waals surface area contributed by atoms with E-state index in [1.165, 1.54) is 0 Å². The molecule has 0 aliphatic carbocycles. The summed E-state index contributed by atoms with van der Waals surface area (Å²) in [5.41, 5.74) is 1.16. The fourth-order valence-corrected chi connectivity index (χ4v) is 3.30. The van der Waals surface area contributed by atoms with Crippen LogP contribution in [0.2, 0.25) is 0 Å². The lowest BCUT2D eigenvalue weighted by Crippen LogP contribution is -2.39. The van der Waals surface area contributed by atoms with E-state index in [0.29, 0.717) is 12.3 Å². The normalized spacial score (nSPS) is 14.9. The van der Waals surface area contributed by atoms with Gasteiger partial charge in [-0.3, -0.25) is 4.79 Å². The second kappa shape index (κ2) is 9.22. The summed E-state index contributed by atoms with van der Waals surface area (Å²) in [6.07, 6.45) is 5.31. The number of amides is 1. The Labute approximate surface area is 155 Å². The number of anilines is 1. The van der Waals surface area contributed by atoms with Crippen molar-refractivity contribution in [2.45, 2.75) is 25.7 Å². The number of benzene rings is 1. The van der Waals surface area contributed by atoms with Gasteiger partial charge >= 0.3 is 0 Å². The Morgan fingerprint density at radius 1 is 1.19 bits per heavy atom. The number of pyridine rings is 1. The largest absolute Gasteiger partial charge is 0.497 e. The third-order valence-corrected chi connectivity index (χ3v) is 4.98. The molecule has 0 atom stereocenters. The molecule has 3 rings (SSSR count). The van der Waals surface area contributed by atoms with Crippen LogP contribution in [0.1, 0.15) is 24.8 Å². The van der Waals surface area contributed by atoms with Crippen molar-refractivity contribution >= 4 is 11.7 Å². The number of aromatic nitrogens is 1. The summed E-state index contributed by atoms with van der Waals surface area (Å²) in [4.78, 5) is 18.8. The van der Waals surface area contributed by atoms with E-state index in [9.17, 15) is 4.79 Å².